The van der Waals surface area contributed by atoms with Gasteiger partial charge in [-0.3, -0.25) is 9.59 Å². The smallest absolute Gasteiger partial charge is 0.223 e. The number of nitriles is 1. The molecule has 0 heterocycles. The number of hydrogen-bond donors (Lipinski definition) is 2. The van der Waals surface area contributed by atoms with Crippen LogP contribution in [0.4, 0.5) is 0 Å². The fraction of sp³-hybridized carbons (Fsp3) is 0.857. The highest BCUT2D eigenvalue weighted by Crippen LogP contribution is 2.26. The van der Waals surface area contributed by atoms with Crippen LogP contribution >= 0.6 is 0 Å². The van der Waals surface area contributed by atoms with E-state index in [4.69, 9.17) is 5.26 Å². The number of amides is 2. The van der Waals surface area contributed by atoms with Crippen LogP contribution in [0.15, 0.2) is 0 Å². The second-order valence-electron chi connectivity index (χ2n) is 7.10. The SMILES string of the molecule is CC.CC(C)NC(=O)C(C)C.CCNC(=O)C1CCC1.N#CC1CCC1. The second kappa shape index (κ2) is 16.9. The summed E-state index contributed by atoms with van der Waals surface area (Å²) < 4.78 is 0. The Kier molecular flexibility index (Phi) is 17.3. The van der Waals surface area contributed by atoms with Gasteiger partial charge >= 0.3 is 0 Å². The lowest BCUT2D eigenvalue weighted by molar-refractivity contribution is -0.127. The Morgan fingerprint density at radius 3 is 1.69 bits per heavy atom. The van der Waals surface area contributed by atoms with Gasteiger partial charge in [0.05, 0.1) is 6.07 Å². The maximum atomic E-state index is 10.9. The molecule has 0 aromatic rings. The van der Waals surface area contributed by atoms with Crippen molar-refractivity contribution in [2.45, 2.75) is 93.0 Å². The number of hydrogen-bond acceptors (Lipinski definition) is 3. The summed E-state index contributed by atoms with van der Waals surface area (Å²) in [6, 6.07) is 2.47. The first-order valence-corrected chi connectivity index (χ1v) is 10.3. The average molecular weight is 368 g/mol. The topological polar surface area (TPSA) is 82.0 Å². The number of carbonyl (C=O) groups is 2. The van der Waals surface area contributed by atoms with Crippen molar-refractivity contribution in [1.29, 1.82) is 5.26 Å². The standard InChI is InChI=1S/C7H13NO.C7H15NO.C5H7N.C2H6/c1-2-8-7(9)6-4-3-5-6;1-5(2)7(9)8-6(3)4;6-4-5-2-1-3-5;1-2/h6H,2-5H2,1H3,(H,8,9);5-6H,1-4H3,(H,8,9);5H,1-3H2;1-2H3. The summed E-state index contributed by atoms with van der Waals surface area (Å²) in [6.45, 7) is 14.4. The summed E-state index contributed by atoms with van der Waals surface area (Å²) in [5, 5.41) is 13.7. The van der Waals surface area contributed by atoms with Crippen molar-refractivity contribution in [1.82, 2.24) is 10.6 Å². The van der Waals surface area contributed by atoms with E-state index in [0.717, 1.165) is 32.2 Å². The van der Waals surface area contributed by atoms with Gasteiger partial charge in [0, 0.05) is 30.3 Å². The summed E-state index contributed by atoms with van der Waals surface area (Å²) in [4.78, 5) is 21.8. The molecule has 2 saturated carbocycles. The molecular weight excluding hydrogens is 326 g/mol. The molecule has 0 bridgehead atoms. The van der Waals surface area contributed by atoms with Crippen LogP contribution in [0, 0.1) is 29.1 Å². The van der Waals surface area contributed by atoms with Crippen molar-refractivity contribution in [2.24, 2.45) is 17.8 Å². The predicted molar refractivity (Wildman–Crippen MR) is 108 cm³/mol. The van der Waals surface area contributed by atoms with Crippen molar-refractivity contribution < 1.29 is 9.59 Å². The summed E-state index contributed by atoms with van der Waals surface area (Å²) in [7, 11) is 0. The lowest BCUT2D eigenvalue weighted by Gasteiger charge is -2.23. The molecule has 152 valence electrons. The summed E-state index contributed by atoms with van der Waals surface area (Å²) in [6.07, 6.45) is 7.02. The maximum Gasteiger partial charge on any atom is 0.223 e. The Morgan fingerprint density at radius 1 is 1.04 bits per heavy atom. The molecule has 0 spiro atoms. The van der Waals surface area contributed by atoms with E-state index in [1.807, 2.05) is 48.5 Å². The first-order valence-electron chi connectivity index (χ1n) is 10.3. The highest BCUT2D eigenvalue weighted by molar-refractivity contribution is 5.79. The molecular formula is C21H41N3O2. The average Bonchev–Trinajstić information content (AvgIpc) is 2.47. The number of rotatable bonds is 4. The molecule has 0 aromatic carbocycles. The second-order valence-corrected chi connectivity index (χ2v) is 7.10. The highest BCUT2D eigenvalue weighted by Gasteiger charge is 2.24. The van der Waals surface area contributed by atoms with Crippen LogP contribution in [0.25, 0.3) is 0 Å². The van der Waals surface area contributed by atoms with Crippen LogP contribution in [0.1, 0.15) is 87.0 Å². The normalized spacial score (nSPS) is 15.4. The van der Waals surface area contributed by atoms with Crippen LogP contribution in [-0.4, -0.2) is 24.4 Å². The Labute approximate surface area is 161 Å². The molecule has 2 rings (SSSR count). The number of carbonyl (C=O) groups excluding carboxylic acids is 2. The first kappa shape index (κ1) is 26.7. The first-order chi connectivity index (χ1) is 12.3. The van der Waals surface area contributed by atoms with E-state index in [2.05, 4.69) is 16.7 Å². The van der Waals surface area contributed by atoms with Gasteiger partial charge in [-0.25, -0.2) is 0 Å². The fourth-order valence-electron chi connectivity index (χ4n) is 1.98. The number of nitrogens with zero attached hydrogens (tertiary/aromatic N) is 1. The highest BCUT2D eigenvalue weighted by atomic mass is 16.2. The molecule has 0 radical (unpaired) electrons. The Morgan fingerprint density at radius 2 is 1.54 bits per heavy atom. The monoisotopic (exact) mass is 367 g/mol. The van der Waals surface area contributed by atoms with E-state index in [1.165, 1.54) is 12.8 Å². The molecule has 2 aliphatic rings. The van der Waals surface area contributed by atoms with Crippen molar-refractivity contribution in [3.05, 3.63) is 0 Å². The van der Waals surface area contributed by atoms with Gasteiger partial charge in [0.25, 0.3) is 0 Å². The summed E-state index contributed by atoms with van der Waals surface area (Å²) >= 11 is 0. The van der Waals surface area contributed by atoms with Gasteiger partial charge in [-0.1, -0.05) is 40.5 Å². The summed E-state index contributed by atoms with van der Waals surface area (Å²) in [5.74, 6) is 1.26. The molecule has 0 atom stereocenters. The van der Waals surface area contributed by atoms with Gasteiger partial charge in [-0.15, -0.1) is 0 Å². The van der Waals surface area contributed by atoms with Crippen LogP contribution in [0.5, 0.6) is 0 Å². The third-order valence-corrected chi connectivity index (χ3v) is 4.07. The predicted octanol–water partition coefficient (Wildman–Crippen LogP) is 4.43. The minimum absolute atomic E-state index is 0.104. The molecule has 0 aromatic heterocycles. The van der Waals surface area contributed by atoms with E-state index in [0.29, 0.717) is 11.8 Å². The van der Waals surface area contributed by atoms with Crippen molar-refractivity contribution in [2.75, 3.05) is 6.54 Å². The Balaban J connectivity index is 0. The Bertz CT molecular complexity index is 404. The fourth-order valence-corrected chi connectivity index (χ4v) is 1.98. The minimum Gasteiger partial charge on any atom is -0.356 e. The van der Waals surface area contributed by atoms with Gasteiger partial charge in [0.15, 0.2) is 0 Å². The third-order valence-electron chi connectivity index (χ3n) is 4.07. The lowest BCUT2D eigenvalue weighted by Crippen LogP contribution is -2.34. The third kappa shape index (κ3) is 13.7. The number of nitrogens with one attached hydrogen (secondary N) is 2. The van der Waals surface area contributed by atoms with E-state index in [1.54, 1.807) is 0 Å². The van der Waals surface area contributed by atoms with Crippen LogP contribution < -0.4 is 10.6 Å². The largest absolute Gasteiger partial charge is 0.356 e. The summed E-state index contributed by atoms with van der Waals surface area (Å²) in [5.41, 5.74) is 0. The van der Waals surface area contributed by atoms with E-state index < -0.39 is 0 Å². The van der Waals surface area contributed by atoms with Crippen molar-refractivity contribution in [3.8, 4) is 6.07 Å². The van der Waals surface area contributed by atoms with Crippen molar-refractivity contribution in [3.63, 3.8) is 0 Å². The molecule has 0 aliphatic heterocycles. The zero-order valence-electron chi connectivity index (χ0n) is 18.0. The zero-order chi connectivity index (χ0) is 20.5. The quantitative estimate of drug-likeness (QED) is 0.771. The van der Waals surface area contributed by atoms with Crippen LogP contribution in [0.2, 0.25) is 0 Å². The molecule has 2 N–H and O–H groups in total. The molecule has 0 saturated heterocycles. The van der Waals surface area contributed by atoms with Crippen LogP contribution in [-0.2, 0) is 9.59 Å². The van der Waals surface area contributed by atoms with Crippen molar-refractivity contribution >= 4 is 11.8 Å². The minimum atomic E-state index is 0.104. The maximum absolute atomic E-state index is 10.9. The zero-order valence-corrected chi connectivity index (χ0v) is 18.0. The Hall–Kier alpha value is -1.57. The molecule has 2 fully saturated rings. The molecule has 2 aliphatic carbocycles. The molecule has 26 heavy (non-hydrogen) atoms. The molecule has 5 nitrogen and oxygen atoms in total. The van der Waals surface area contributed by atoms with E-state index in [9.17, 15) is 9.59 Å². The lowest BCUT2D eigenvalue weighted by atomic mass is 9.85. The molecule has 5 heteroatoms. The molecule has 2 amide bonds. The molecule has 0 unspecified atom stereocenters. The van der Waals surface area contributed by atoms with Gasteiger partial charge in [0.2, 0.25) is 11.8 Å². The van der Waals surface area contributed by atoms with Gasteiger partial charge in [0.1, 0.15) is 0 Å². The van der Waals surface area contributed by atoms with Crippen LogP contribution in [0.3, 0.4) is 0 Å². The van der Waals surface area contributed by atoms with Gasteiger partial charge in [-0.2, -0.15) is 5.26 Å². The van der Waals surface area contributed by atoms with Gasteiger partial charge < -0.3 is 10.6 Å². The van der Waals surface area contributed by atoms with E-state index in [-0.39, 0.29) is 23.8 Å². The van der Waals surface area contributed by atoms with E-state index >= 15 is 0 Å². The van der Waals surface area contributed by atoms with Gasteiger partial charge in [-0.05, 0) is 46.5 Å².